The number of hydrogen-bond acceptors (Lipinski definition) is 2. The molecule has 0 radical (unpaired) electrons. The number of benzene rings is 2. The fourth-order valence-electron chi connectivity index (χ4n) is 3.71. The van der Waals surface area contributed by atoms with E-state index >= 15 is 0 Å². The Morgan fingerprint density at radius 2 is 1.84 bits per heavy atom. The van der Waals surface area contributed by atoms with E-state index in [1.54, 1.807) is 0 Å². The van der Waals surface area contributed by atoms with Gasteiger partial charge in [-0.3, -0.25) is 4.79 Å². The number of nitrogens with zero attached hydrogens (tertiary/aromatic N) is 3. The van der Waals surface area contributed by atoms with Crippen molar-refractivity contribution in [2.45, 2.75) is 33.2 Å². The first-order valence-electron chi connectivity index (χ1n) is 8.94. The van der Waals surface area contributed by atoms with Crippen LogP contribution in [0.2, 0.25) is 0 Å². The van der Waals surface area contributed by atoms with Crippen LogP contribution in [-0.2, 0) is 11.3 Å². The maximum Gasteiger partial charge on any atom is 0.242 e. The number of imidazole rings is 1. The number of aromatic nitrogens is 2. The smallest absolute Gasteiger partial charge is 0.242 e. The van der Waals surface area contributed by atoms with Gasteiger partial charge in [0, 0.05) is 18.7 Å². The Balaban J connectivity index is 1.81. The third-order valence-electron chi connectivity index (χ3n) is 5.03. The highest BCUT2D eigenvalue weighted by molar-refractivity contribution is 5.85. The molecular formula is C21H23N3O. The molecule has 1 saturated heterocycles. The summed E-state index contributed by atoms with van der Waals surface area (Å²) in [6.45, 7) is 6.31. The molecule has 0 unspecified atom stereocenters. The topological polar surface area (TPSA) is 38.1 Å². The molecule has 128 valence electrons. The molecule has 1 aliphatic rings. The van der Waals surface area contributed by atoms with Crippen molar-refractivity contribution in [3.63, 3.8) is 0 Å². The quantitative estimate of drug-likeness (QED) is 0.728. The van der Waals surface area contributed by atoms with Crippen LogP contribution in [0.25, 0.3) is 22.4 Å². The van der Waals surface area contributed by atoms with Gasteiger partial charge in [0.05, 0.1) is 11.0 Å². The van der Waals surface area contributed by atoms with Crippen LogP contribution in [-0.4, -0.2) is 33.4 Å². The third kappa shape index (κ3) is 2.93. The van der Waals surface area contributed by atoms with Gasteiger partial charge in [-0.25, -0.2) is 4.98 Å². The van der Waals surface area contributed by atoms with Crippen LogP contribution in [0.1, 0.15) is 24.0 Å². The molecule has 25 heavy (non-hydrogen) atoms. The first-order valence-corrected chi connectivity index (χ1v) is 8.94. The number of likely N-dealkylation sites (tertiary alicyclic amines) is 1. The Morgan fingerprint density at radius 1 is 1.08 bits per heavy atom. The minimum atomic E-state index is 0.187. The van der Waals surface area contributed by atoms with Crippen LogP contribution in [0, 0.1) is 13.8 Å². The molecule has 1 aromatic heterocycles. The molecule has 4 rings (SSSR count). The van der Waals surface area contributed by atoms with E-state index in [2.05, 4.69) is 36.6 Å². The summed E-state index contributed by atoms with van der Waals surface area (Å²) in [5.41, 5.74) is 5.47. The zero-order valence-electron chi connectivity index (χ0n) is 14.8. The van der Waals surface area contributed by atoms with Gasteiger partial charge in [0.2, 0.25) is 5.91 Å². The second-order valence-corrected chi connectivity index (χ2v) is 6.92. The summed E-state index contributed by atoms with van der Waals surface area (Å²) in [7, 11) is 0. The van der Waals surface area contributed by atoms with Gasteiger partial charge < -0.3 is 9.47 Å². The fraction of sp³-hybridized carbons (Fsp3) is 0.333. The number of fused-ring (bicyclic) bond motifs is 1. The highest BCUT2D eigenvalue weighted by Crippen LogP contribution is 2.28. The molecule has 0 saturated carbocycles. The summed E-state index contributed by atoms with van der Waals surface area (Å²) in [6, 6.07) is 14.4. The molecule has 2 heterocycles. The maximum atomic E-state index is 12.8. The first kappa shape index (κ1) is 15.9. The Hall–Kier alpha value is -2.62. The fourth-order valence-corrected chi connectivity index (χ4v) is 3.71. The number of rotatable bonds is 3. The third-order valence-corrected chi connectivity index (χ3v) is 5.03. The molecule has 0 aliphatic carbocycles. The normalized spacial score (nSPS) is 14.4. The van der Waals surface area contributed by atoms with Crippen LogP contribution < -0.4 is 0 Å². The van der Waals surface area contributed by atoms with Crippen LogP contribution in [0.4, 0.5) is 0 Å². The molecule has 0 atom stereocenters. The van der Waals surface area contributed by atoms with Gasteiger partial charge >= 0.3 is 0 Å². The number of para-hydroxylation sites is 2. The predicted molar refractivity (Wildman–Crippen MR) is 100 cm³/mol. The van der Waals surface area contributed by atoms with Crippen LogP contribution in [0.5, 0.6) is 0 Å². The minimum Gasteiger partial charge on any atom is -0.341 e. The largest absolute Gasteiger partial charge is 0.341 e. The van der Waals surface area contributed by atoms with E-state index in [-0.39, 0.29) is 5.91 Å². The van der Waals surface area contributed by atoms with Gasteiger partial charge in [-0.15, -0.1) is 0 Å². The maximum absolute atomic E-state index is 12.8. The molecule has 1 fully saturated rings. The summed E-state index contributed by atoms with van der Waals surface area (Å²) in [4.78, 5) is 19.6. The summed E-state index contributed by atoms with van der Waals surface area (Å²) in [5, 5.41) is 0. The minimum absolute atomic E-state index is 0.187. The lowest BCUT2D eigenvalue weighted by Crippen LogP contribution is -2.31. The van der Waals surface area contributed by atoms with Crippen molar-refractivity contribution >= 4 is 16.9 Å². The Labute approximate surface area is 148 Å². The molecular weight excluding hydrogens is 310 g/mol. The average molecular weight is 333 g/mol. The molecule has 4 heteroatoms. The number of aryl methyl sites for hydroxylation is 2. The second-order valence-electron chi connectivity index (χ2n) is 6.92. The number of carbonyl (C=O) groups excluding carboxylic acids is 1. The van der Waals surface area contributed by atoms with E-state index in [4.69, 9.17) is 4.98 Å². The lowest BCUT2D eigenvalue weighted by molar-refractivity contribution is -0.130. The molecule has 3 aromatic rings. The van der Waals surface area contributed by atoms with Gasteiger partial charge in [-0.2, -0.15) is 0 Å². The van der Waals surface area contributed by atoms with E-state index in [0.29, 0.717) is 6.54 Å². The average Bonchev–Trinajstić information content (AvgIpc) is 3.24. The van der Waals surface area contributed by atoms with Crippen molar-refractivity contribution in [2.75, 3.05) is 13.1 Å². The molecule has 4 nitrogen and oxygen atoms in total. The lowest BCUT2D eigenvalue weighted by Gasteiger charge is -2.17. The Morgan fingerprint density at radius 3 is 2.60 bits per heavy atom. The van der Waals surface area contributed by atoms with Crippen molar-refractivity contribution in [3.8, 4) is 11.4 Å². The van der Waals surface area contributed by atoms with E-state index < -0.39 is 0 Å². The molecule has 0 N–H and O–H groups in total. The van der Waals surface area contributed by atoms with Crippen LogP contribution in [0.3, 0.4) is 0 Å². The van der Waals surface area contributed by atoms with Crippen molar-refractivity contribution in [3.05, 3.63) is 53.6 Å². The van der Waals surface area contributed by atoms with Gasteiger partial charge in [-0.05, 0) is 44.4 Å². The van der Waals surface area contributed by atoms with Gasteiger partial charge in [0.1, 0.15) is 12.4 Å². The highest BCUT2D eigenvalue weighted by atomic mass is 16.2. The summed E-state index contributed by atoms with van der Waals surface area (Å²) in [5.74, 6) is 1.07. The molecule has 2 aromatic carbocycles. The predicted octanol–water partition coefficient (Wildman–Crippen LogP) is 3.94. The van der Waals surface area contributed by atoms with Crippen molar-refractivity contribution in [1.82, 2.24) is 14.5 Å². The van der Waals surface area contributed by atoms with E-state index in [9.17, 15) is 4.79 Å². The van der Waals surface area contributed by atoms with Crippen LogP contribution in [0.15, 0.2) is 42.5 Å². The summed E-state index contributed by atoms with van der Waals surface area (Å²) >= 11 is 0. The van der Waals surface area contributed by atoms with Crippen molar-refractivity contribution in [1.29, 1.82) is 0 Å². The second kappa shape index (κ2) is 6.36. The zero-order valence-corrected chi connectivity index (χ0v) is 14.8. The standard InChI is InChI=1S/C21H23N3O/c1-15-9-10-17(16(2)13-15)21-22-18-7-3-4-8-19(18)24(21)14-20(25)23-11-5-6-12-23/h3-4,7-10,13H,5-6,11-12,14H2,1-2H3. The Kier molecular flexibility index (Phi) is 4.04. The van der Waals surface area contributed by atoms with E-state index in [1.165, 1.54) is 11.1 Å². The van der Waals surface area contributed by atoms with Crippen molar-refractivity contribution < 1.29 is 4.79 Å². The number of amides is 1. The number of carbonyl (C=O) groups is 1. The summed E-state index contributed by atoms with van der Waals surface area (Å²) < 4.78 is 2.08. The SMILES string of the molecule is Cc1ccc(-c2nc3ccccc3n2CC(=O)N2CCCC2)c(C)c1. The van der Waals surface area contributed by atoms with Crippen molar-refractivity contribution in [2.24, 2.45) is 0 Å². The lowest BCUT2D eigenvalue weighted by atomic mass is 10.1. The van der Waals surface area contributed by atoms with Gasteiger partial charge in [0.25, 0.3) is 0 Å². The first-order chi connectivity index (χ1) is 12.1. The monoisotopic (exact) mass is 333 g/mol. The molecule has 1 aliphatic heterocycles. The summed E-state index contributed by atoms with van der Waals surface area (Å²) in [6.07, 6.45) is 2.22. The molecule has 0 bridgehead atoms. The van der Waals surface area contributed by atoms with E-state index in [1.807, 2.05) is 29.2 Å². The highest BCUT2D eigenvalue weighted by Gasteiger charge is 2.21. The zero-order chi connectivity index (χ0) is 17.4. The van der Waals surface area contributed by atoms with E-state index in [0.717, 1.165) is 48.4 Å². The van der Waals surface area contributed by atoms with Gasteiger partial charge in [-0.1, -0.05) is 35.9 Å². The Bertz CT molecular complexity index is 935. The molecule has 0 spiro atoms. The number of hydrogen-bond donors (Lipinski definition) is 0. The van der Waals surface area contributed by atoms with Gasteiger partial charge in [0.15, 0.2) is 0 Å². The molecule has 1 amide bonds. The van der Waals surface area contributed by atoms with Crippen LogP contribution >= 0.6 is 0 Å².